The van der Waals surface area contributed by atoms with Gasteiger partial charge < -0.3 is 16.4 Å². The van der Waals surface area contributed by atoms with Gasteiger partial charge in [-0.25, -0.2) is 0 Å². The van der Waals surface area contributed by atoms with Crippen LogP contribution in [0.3, 0.4) is 0 Å². The Labute approximate surface area is 188 Å². The normalized spacial score (nSPS) is 22.8. The molecule has 32 heavy (non-hydrogen) atoms. The number of amides is 2. The van der Waals surface area contributed by atoms with Crippen LogP contribution in [-0.4, -0.2) is 28.1 Å². The number of nitriles is 1. The van der Waals surface area contributed by atoms with Gasteiger partial charge in [0.15, 0.2) is 5.82 Å². The van der Waals surface area contributed by atoms with Crippen LogP contribution < -0.4 is 16.4 Å². The first-order chi connectivity index (χ1) is 15.5. The zero-order valence-electron chi connectivity index (χ0n) is 18.2. The fourth-order valence-corrected chi connectivity index (χ4v) is 4.52. The minimum atomic E-state index is -0.631. The number of hydrogen-bond donors (Lipinski definition) is 3. The van der Waals surface area contributed by atoms with Gasteiger partial charge in [0.25, 0.3) is 5.91 Å². The Kier molecular flexibility index (Phi) is 6.56. The molecule has 2 aliphatic carbocycles. The average molecular weight is 435 g/mol. The van der Waals surface area contributed by atoms with Crippen LogP contribution >= 0.6 is 0 Å². The summed E-state index contributed by atoms with van der Waals surface area (Å²) in [5.41, 5.74) is 6.52. The SMILES string of the molecule is N#CCC1(n2cc(C(N)=O)c(NC(=O)C3CC3)n2)CCC(CNCc2ccccc2)CC1. The molecule has 2 aliphatic rings. The molecule has 8 nitrogen and oxygen atoms in total. The van der Waals surface area contributed by atoms with E-state index in [1.165, 1.54) is 5.56 Å². The fourth-order valence-electron chi connectivity index (χ4n) is 4.52. The van der Waals surface area contributed by atoms with E-state index in [-0.39, 0.29) is 23.2 Å². The minimum absolute atomic E-state index is 0.00669. The van der Waals surface area contributed by atoms with Crippen LogP contribution in [0.15, 0.2) is 36.5 Å². The van der Waals surface area contributed by atoms with Gasteiger partial charge >= 0.3 is 0 Å². The molecule has 1 aromatic carbocycles. The van der Waals surface area contributed by atoms with Crippen LogP contribution in [0.4, 0.5) is 5.82 Å². The second-order valence-electron chi connectivity index (χ2n) is 9.08. The van der Waals surface area contributed by atoms with Crippen molar-refractivity contribution in [3.05, 3.63) is 47.7 Å². The van der Waals surface area contributed by atoms with E-state index in [0.717, 1.165) is 51.6 Å². The molecule has 0 spiro atoms. The van der Waals surface area contributed by atoms with E-state index in [1.54, 1.807) is 10.9 Å². The van der Waals surface area contributed by atoms with Gasteiger partial charge in [-0.1, -0.05) is 30.3 Å². The van der Waals surface area contributed by atoms with Crippen molar-refractivity contribution in [2.45, 2.75) is 57.0 Å². The Morgan fingerprint density at radius 1 is 1.19 bits per heavy atom. The maximum atomic E-state index is 12.2. The van der Waals surface area contributed by atoms with Crippen LogP contribution in [0.25, 0.3) is 0 Å². The summed E-state index contributed by atoms with van der Waals surface area (Å²) in [6.07, 6.45) is 7.11. The minimum Gasteiger partial charge on any atom is -0.365 e. The summed E-state index contributed by atoms with van der Waals surface area (Å²) in [6, 6.07) is 12.6. The molecule has 1 aromatic heterocycles. The number of anilines is 1. The molecule has 168 valence electrons. The predicted octanol–water partition coefficient (Wildman–Crippen LogP) is 2.92. The number of rotatable bonds is 9. The third kappa shape index (κ3) is 5.00. The number of nitrogens with two attached hydrogens (primary N) is 1. The molecule has 1 heterocycles. The molecule has 0 unspecified atom stereocenters. The van der Waals surface area contributed by atoms with Gasteiger partial charge in [0, 0.05) is 18.7 Å². The lowest BCUT2D eigenvalue weighted by molar-refractivity contribution is -0.117. The van der Waals surface area contributed by atoms with E-state index in [0.29, 0.717) is 12.3 Å². The average Bonchev–Trinajstić information content (AvgIpc) is 3.56. The maximum absolute atomic E-state index is 12.2. The Bertz CT molecular complexity index is 997. The molecule has 8 heteroatoms. The maximum Gasteiger partial charge on any atom is 0.254 e. The standard InChI is InChI=1S/C24H30N6O2/c25-13-12-24(10-8-18(9-11-24)15-27-14-17-4-2-1-3-5-17)30-16-20(21(26)31)22(29-30)28-23(32)19-6-7-19/h1-5,16,18-19,27H,6-12,14-15H2,(H2,26,31)(H,28,29,32). The van der Waals surface area contributed by atoms with Crippen LogP contribution in [0.5, 0.6) is 0 Å². The van der Waals surface area contributed by atoms with Crippen molar-refractivity contribution in [3.8, 4) is 6.07 Å². The first kappa shape index (κ1) is 22.0. The van der Waals surface area contributed by atoms with Gasteiger partial charge in [-0.3, -0.25) is 14.3 Å². The van der Waals surface area contributed by atoms with Crippen molar-refractivity contribution in [3.63, 3.8) is 0 Å². The van der Waals surface area contributed by atoms with E-state index >= 15 is 0 Å². The highest BCUT2D eigenvalue weighted by Gasteiger charge is 2.39. The largest absolute Gasteiger partial charge is 0.365 e. The first-order valence-electron chi connectivity index (χ1n) is 11.3. The number of nitrogens with one attached hydrogen (secondary N) is 2. The molecule has 0 bridgehead atoms. The topological polar surface area (TPSA) is 126 Å². The molecule has 2 fully saturated rings. The van der Waals surface area contributed by atoms with E-state index < -0.39 is 11.4 Å². The molecule has 2 amide bonds. The number of aromatic nitrogens is 2. The zero-order chi connectivity index (χ0) is 22.6. The lowest BCUT2D eigenvalue weighted by Crippen LogP contribution is -2.40. The highest BCUT2D eigenvalue weighted by Crippen LogP contribution is 2.40. The third-order valence-electron chi connectivity index (χ3n) is 6.70. The second-order valence-corrected chi connectivity index (χ2v) is 9.08. The molecule has 0 radical (unpaired) electrons. The monoisotopic (exact) mass is 434 g/mol. The molecule has 0 aliphatic heterocycles. The fraction of sp³-hybridized carbons (Fsp3) is 0.500. The van der Waals surface area contributed by atoms with Crippen LogP contribution in [0, 0.1) is 23.2 Å². The van der Waals surface area contributed by atoms with Crippen LogP contribution in [0.2, 0.25) is 0 Å². The molecule has 0 atom stereocenters. The number of primary amides is 1. The van der Waals surface area contributed by atoms with Crippen molar-refractivity contribution in [2.75, 3.05) is 11.9 Å². The highest BCUT2D eigenvalue weighted by molar-refractivity contribution is 6.02. The van der Waals surface area contributed by atoms with Crippen molar-refractivity contribution in [1.82, 2.24) is 15.1 Å². The Morgan fingerprint density at radius 2 is 1.91 bits per heavy atom. The van der Waals surface area contributed by atoms with Gasteiger partial charge in [0.2, 0.25) is 5.91 Å². The number of carbonyl (C=O) groups excluding carboxylic acids is 2. The third-order valence-corrected chi connectivity index (χ3v) is 6.70. The highest BCUT2D eigenvalue weighted by atomic mass is 16.2. The number of nitrogens with zero attached hydrogens (tertiary/aromatic N) is 3. The molecule has 0 saturated heterocycles. The van der Waals surface area contributed by atoms with Crippen molar-refractivity contribution in [1.29, 1.82) is 5.26 Å². The lowest BCUT2D eigenvalue weighted by Gasteiger charge is -2.39. The Balaban J connectivity index is 1.42. The summed E-state index contributed by atoms with van der Waals surface area (Å²) >= 11 is 0. The van der Waals surface area contributed by atoms with Gasteiger partial charge in [-0.05, 0) is 56.6 Å². The first-order valence-corrected chi connectivity index (χ1v) is 11.3. The number of benzene rings is 1. The summed E-state index contributed by atoms with van der Waals surface area (Å²) in [7, 11) is 0. The predicted molar refractivity (Wildman–Crippen MR) is 120 cm³/mol. The lowest BCUT2D eigenvalue weighted by atomic mass is 9.75. The number of hydrogen-bond acceptors (Lipinski definition) is 5. The van der Waals surface area contributed by atoms with E-state index in [9.17, 15) is 14.9 Å². The van der Waals surface area contributed by atoms with Crippen LogP contribution in [-0.2, 0) is 16.9 Å². The molecular formula is C24H30N6O2. The summed E-state index contributed by atoms with van der Waals surface area (Å²) in [6.45, 7) is 1.76. The number of carbonyl (C=O) groups is 2. The summed E-state index contributed by atoms with van der Waals surface area (Å²) in [5.74, 6) is -0.0367. The van der Waals surface area contributed by atoms with Crippen molar-refractivity contribution >= 4 is 17.6 Å². The molecule has 4 rings (SSSR count). The molecule has 2 saturated carbocycles. The smallest absolute Gasteiger partial charge is 0.254 e. The van der Waals surface area contributed by atoms with E-state index in [1.807, 2.05) is 18.2 Å². The van der Waals surface area contributed by atoms with Crippen molar-refractivity contribution < 1.29 is 9.59 Å². The van der Waals surface area contributed by atoms with Crippen LogP contribution in [0.1, 0.15) is 60.9 Å². The van der Waals surface area contributed by atoms with Crippen molar-refractivity contribution in [2.24, 2.45) is 17.6 Å². The van der Waals surface area contributed by atoms with Gasteiger partial charge in [0.1, 0.15) is 5.56 Å². The summed E-state index contributed by atoms with van der Waals surface area (Å²) in [5, 5.41) is 20.4. The van der Waals surface area contributed by atoms with E-state index in [4.69, 9.17) is 5.73 Å². The van der Waals surface area contributed by atoms with Gasteiger partial charge in [-0.15, -0.1) is 0 Å². The Hall–Kier alpha value is -3.18. The summed E-state index contributed by atoms with van der Waals surface area (Å²) in [4.78, 5) is 24.2. The summed E-state index contributed by atoms with van der Waals surface area (Å²) < 4.78 is 1.71. The zero-order valence-corrected chi connectivity index (χ0v) is 18.2. The van der Waals surface area contributed by atoms with Gasteiger partial charge in [0.05, 0.1) is 18.0 Å². The second kappa shape index (κ2) is 9.53. The quantitative estimate of drug-likeness (QED) is 0.559. The molecule has 2 aromatic rings. The van der Waals surface area contributed by atoms with Gasteiger partial charge in [-0.2, -0.15) is 10.4 Å². The Morgan fingerprint density at radius 3 is 2.53 bits per heavy atom. The molecule has 4 N–H and O–H groups in total. The van der Waals surface area contributed by atoms with E-state index in [2.05, 4.69) is 33.9 Å². The molecular weight excluding hydrogens is 404 g/mol.